The first-order valence-electron chi connectivity index (χ1n) is 12.5. The van der Waals surface area contributed by atoms with Crippen LogP contribution in [0.25, 0.3) is 10.9 Å². The largest absolute Gasteiger partial charge is 0.406 e. The normalized spacial score (nSPS) is 23.4. The molecule has 39 heavy (non-hydrogen) atoms. The molecule has 3 aromatic rings. The topological polar surface area (TPSA) is 131 Å². The summed E-state index contributed by atoms with van der Waals surface area (Å²) in [6.45, 7) is -1.03. The summed E-state index contributed by atoms with van der Waals surface area (Å²) in [5, 5.41) is 16.7. The van der Waals surface area contributed by atoms with Crippen LogP contribution in [0.2, 0.25) is 5.02 Å². The van der Waals surface area contributed by atoms with E-state index >= 15 is 0 Å². The number of aromatic amines is 2. The van der Waals surface area contributed by atoms with Gasteiger partial charge in [-0.2, -0.15) is 23.5 Å². The third-order valence-electron chi connectivity index (χ3n) is 8.26. The van der Waals surface area contributed by atoms with E-state index < -0.39 is 35.7 Å². The molecule has 2 amide bonds. The highest BCUT2D eigenvalue weighted by Gasteiger charge is 2.65. The predicted molar refractivity (Wildman–Crippen MR) is 132 cm³/mol. The highest BCUT2D eigenvalue weighted by molar-refractivity contribution is 6.35. The Hall–Kier alpha value is -3.79. The van der Waals surface area contributed by atoms with Gasteiger partial charge in [-0.15, -0.1) is 0 Å². The van der Waals surface area contributed by atoms with Gasteiger partial charge in [-0.25, -0.2) is 4.79 Å². The van der Waals surface area contributed by atoms with Gasteiger partial charge in [0.05, 0.1) is 22.2 Å². The van der Waals surface area contributed by atoms with Crippen molar-refractivity contribution in [1.29, 1.82) is 5.26 Å². The summed E-state index contributed by atoms with van der Waals surface area (Å²) in [5.41, 5.74) is 0.218. The van der Waals surface area contributed by atoms with Gasteiger partial charge in [0.1, 0.15) is 18.3 Å². The number of aromatic nitrogens is 4. The van der Waals surface area contributed by atoms with Crippen molar-refractivity contribution in [2.45, 2.75) is 50.4 Å². The fourth-order valence-corrected chi connectivity index (χ4v) is 6.55. The minimum atomic E-state index is -4.61. The van der Waals surface area contributed by atoms with E-state index in [1.165, 1.54) is 17.0 Å². The number of piperidine rings is 1. The lowest BCUT2D eigenvalue weighted by atomic mass is 9.91. The molecule has 2 N–H and O–H groups in total. The molecule has 2 unspecified atom stereocenters. The van der Waals surface area contributed by atoms with Crippen molar-refractivity contribution in [3.05, 3.63) is 50.8 Å². The first kappa shape index (κ1) is 25.5. The van der Waals surface area contributed by atoms with Crippen LogP contribution in [0, 0.1) is 16.7 Å². The molecule has 3 aliphatic rings. The fourth-order valence-electron chi connectivity index (χ4n) is 6.29. The molecule has 14 heteroatoms. The van der Waals surface area contributed by atoms with Gasteiger partial charge in [0.25, 0.3) is 0 Å². The van der Waals surface area contributed by atoms with E-state index in [4.69, 9.17) is 16.9 Å². The number of imidazole rings is 1. The zero-order valence-corrected chi connectivity index (χ0v) is 21.3. The van der Waals surface area contributed by atoms with Crippen LogP contribution in [0.1, 0.15) is 54.5 Å². The molecular formula is C25H23ClF3N7O3. The van der Waals surface area contributed by atoms with Crippen LogP contribution >= 0.6 is 11.6 Å². The second kappa shape index (κ2) is 8.87. The summed E-state index contributed by atoms with van der Waals surface area (Å²) in [5.74, 6) is -1.42. The molecule has 10 nitrogen and oxygen atoms in total. The van der Waals surface area contributed by atoms with Gasteiger partial charge < -0.3 is 9.80 Å². The second-order valence-corrected chi connectivity index (χ2v) is 11.0. The summed E-state index contributed by atoms with van der Waals surface area (Å²) < 4.78 is 42.1. The number of nitrogens with one attached hydrogen (secondary N) is 2. The van der Waals surface area contributed by atoms with Crippen LogP contribution in [0.4, 0.5) is 13.2 Å². The number of amides is 2. The number of halogens is 4. The van der Waals surface area contributed by atoms with Crippen molar-refractivity contribution in [2.24, 2.45) is 5.41 Å². The number of rotatable bonds is 4. The van der Waals surface area contributed by atoms with Crippen molar-refractivity contribution in [2.75, 3.05) is 19.6 Å². The Morgan fingerprint density at radius 1 is 1.28 bits per heavy atom. The molecule has 1 aliphatic carbocycles. The second-order valence-electron chi connectivity index (χ2n) is 10.6. The van der Waals surface area contributed by atoms with Crippen LogP contribution in [0.3, 0.4) is 0 Å². The number of nitriles is 1. The molecular weight excluding hydrogens is 539 g/mol. The summed E-state index contributed by atoms with van der Waals surface area (Å²) in [6.07, 6.45) is -0.677. The van der Waals surface area contributed by atoms with Crippen molar-refractivity contribution >= 4 is 34.3 Å². The Kier molecular flexibility index (Phi) is 5.80. The van der Waals surface area contributed by atoms with E-state index in [1.54, 1.807) is 11.0 Å². The molecule has 0 radical (unpaired) electrons. The number of carbonyl (C=O) groups excluding carboxylic acids is 2. The monoisotopic (exact) mass is 561 g/mol. The van der Waals surface area contributed by atoms with E-state index in [9.17, 15) is 27.6 Å². The Morgan fingerprint density at radius 2 is 2.03 bits per heavy atom. The van der Waals surface area contributed by atoms with Crippen LogP contribution in [-0.4, -0.2) is 67.2 Å². The minimum absolute atomic E-state index is 0.153. The summed E-state index contributed by atoms with van der Waals surface area (Å²) in [6, 6.07) is 3.37. The fraction of sp³-hybridized carbons (Fsp3) is 0.480. The third-order valence-corrected chi connectivity index (χ3v) is 8.56. The zero-order valence-electron chi connectivity index (χ0n) is 20.5. The molecule has 0 bridgehead atoms. The number of hydrogen-bond acceptors (Lipinski definition) is 5. The van der Waals surface area contributed by atoms with Crippen molar-refractivity contribution in [1.82, 2.24) is 29.5 Å². The van der Waals surface area contributed by atoms with Crippen LogP contribution in [0.15, 0.2) is 23.3 Å². The van der Waals surface area contributed by atoms with E-state index in [0.717, 1.165) is 4.90 Å². The van der Waals surface area contributed by atoms with Crippen LogP contribution < -0.4 is 5.69 Å². The summed E-state index contributed by atoms with van der Waals surface area (Å²) in [4.78, 5) is 44.1. The molecule has 2 fully saturated rings. The summed E-state index contributed by atoms with van der Waals surface area (Å²) in [7, 11) is 0. The molecule has 1 saturated heterocycles. The van der Waals surface area contributed by atoms with Gasteiger partial charge in [-0.3, -0.25) is 24.2 Å². The van der Waals surface area contributed by atoms with E-state index in [0.29, 0.717) is 53.0 Å². The molecule has 1 aromatic carbocycles. The molecule has 0 spiro atoms. The van der Waals surface area contributed by atoms with Gasteiger partial charge >= 0.3 is 11.9 Å². The average Bonchev–Trinajstić information content (AvgIpc) is 3.22. The maximum Gasteiger partial charge on any atom is 0.406 e. The van der Waals surface area contributed by atoms with Crippen LogP contribution in [-0.2, 0) is 16.1 Å². The van der Waals surface area contributed by atoms with Crippen LogP contribution in [0.5, 0.6) is 0 Å². The molecule has 6 rings (SSSR count). The SMILES string of the molecule is N#Cc1cn(C2CCN(C(=O)CC34CC3c3cc(Cl)c5[nH]ncc5c3CN(CC(F)(F)F)C4=O)CC2)c(=O)[nH]1. The van der Waals surface area contributed by atoms with Gasteiger partial charge in [-0.1, -0.05) is 11.6 Å². The molecule has 2 aliphatic heterocycles. The lowest BCUT2D eigenvalue weighted by Gasteiger charge is -2.34. The number of likely N-dealkylation sites (tertiary alicyclic amines) is 1. The summed E-state index contributed by atoms with van der Waals surface area (Å²) >= 11 is 6.44. The molecule has 2 aromatic heterocycles. The Morgan fingerprint density at radius 3 is 2.69 bits per heavy atom. The van der Waals surface area contributed by atoms with E-state index in [-0.39, 0.29) is 37.0 Å². The van der Waals surface area contributed by atoms with Gasteiger partial charge in [-0.05, 0) is 36.5 Å². The number of nitrogens with zero attached hydrogens (tertiary/aromatic N) is 5. The van der Waals surface area contributed by atoms with E-state index in [1.807, 2.05) is 6.07 Å². The molecule has 4 heterocycles. The quantitative estimate of drug-likeness (QED) is 0.505. The van der Waals surface area contributed by atoms with E-state index in [2.05, 4.69) is 15.2 Å². The molecule has 204 valence electrons. The highest BCUT2D eigenvalue weighted by Crippen LogP contribution is 2.65. The third kappa shape index (κ3) is 4.27. The predicted octanol–water partition coefficient (Wildman–Crippen LogP) is 3.21. The standard InChI is InChI=1S/C25H23ClF3N7O3/c26-19-5-15-17(16-9-31-33-21(16)19)11-35(12-25(27,28)29)22(38)24(6-18(15)24)7-20(37)34-3-1-14(2-4-34)36-10-13(8-30)32-23(36)39/h5,9-10,14,18H,1-4,6-7,11-12H2,(H,31,33)(H,32,39). The van der Waals surface area contributed by atoms with Gasteiger partial charge in [0.15, 0.2) is 0 Å². The minimum Gasteiger partial charge on any atom is -0.343 e. The first-order chi connectivity index (χ1) is 18.5. The number of alkyl halides is 3. The Labute approximate surface area is 224 Å². The lowest BCUT2D eigenvalue weighted by Crippen LogP contribution is -2.45. The number of benzene rings is 1. The smallest absolute Gasteiger partial charge is 0.343 e. The molecule has 2 atom stereocenters. The zero-order chi connectivity index (χ0) is 27.7. The van der Waals surface area contributed by atoms with Gasteiger partial charge in [0.2, 0.25) is 11.8 Å². The number of hydrogen-bond donors (Lipinski definition) is 2. The lowest BCUT2D eigenvalue weighted by molar-refractivity contribution is -0.166. The first-order valence-corrected chi connectivity index (χ1v) is 12.9. The molecule has 1 saturated carbocycles. The van der Waals surface area contributed by atoms with Crippen molar-refractivity contribution in [3.63, 3.8) is 0 Å². The van der Waals surface area contributed by atoms with Gasteiger partial charge in [0, 0.05) is 49.6 Å². The number of fused-ring (bicyclic) bond motifs is 5. The maximum absolute atomic E-state index is 13.7. The Bertz CT molecular complexity index is 1590. The van der Waals surface area contributed by atoms with Crippen molar-refractivity contribution < 1.29 is 22.8 Å². The Balaban J connectivity index is 1.25. The highest BCUT2D eigenvalue weighted by atomic mass is 35.5. The van der Waals surface area contributed by atoms with Crippen molar-refractivity contribution in [3.8, 4) is 6.07 Å². The average molecular weight is 562 g/mol. The number of H-pyrrole nitrogens is 2. The number of carbonyl (C=O) groups is 2. The maximum atomic E-state index is 13.7.